The second kappa shape index (κ2) is 8.14. The first-order valence-electron chi connectivity index (χ1n) is 10.0. The summed E-state index contributed by atoms with van der Waals surface area (Å²) in [5, 5.41) is 11.4. The molecule has 0 amide bonds. The van der Waals surface area contributed by atoms with E-state index in [4.69, 9.17) is 5.41 Å². The van der Waals surface area contributed by atoms with Crippen LogP contribution in [0.5, 0.6) is 0 Å². The molecule has 2 aromatic carbocycles. The third-order valence-corrected chi connectivity index (χ3v) is 5.29. The summed E-state index contributed by atoms with van der Waals surface area (Å²) < 4.78 is 0. The summed E-state index contributed by atoms with van der Waals surface area (Å²) in [5.41, 5.74) is 5.12. The zero-order valence-electron chi connectivity index (χ0n) is 17.3. The van der Waals surface area contributed by atoms with Gasteiger partial charge in [0.25, 0.3) is 0 Å². The zero-order chi connectivity index (χ0) is 20.3. The van der Waals surface area contributed by atoms with E-state index in [2.05, 4.69) is 74.6 Å². The van der Waals surface area contributed by atoms with Crippen molar-refractivity contribution in [2.75, 3.05) is 0 Å². The summed E-state index contributed by atoms with van der Waals surface area (Å²) in [7, 11) is 0. The number of benzene rings is 2. The topological polar surface area (TPSA) is 53.0 Å². The number of carbonyl (C=O) groups excluding carboxylic acids is 1. The number of hydrogen-bond donors (Lipinski definition) is 2. The fourth-order valence-electron chi connectivity index (χ4n) is 4.10. The molecule has 0 saturated heterocycles. The second-order valence-corrected chi connectivity index (χ2v) is 8.62. The van der Waals surface area contributed by atoms with E-state index in [-0.39, 0.29) is 5.78 Å². The van der Waals surface area contributed by atoms with Crippen LogP contribution in [0.2, 0.25) is 0 Å². The van der Waals surface area contributed by atoms with Gasteiger partial charge < -0.3 is 5.32 Å². The van der Waals surface area contributed by atoms with Crippen molar-refractivity contribution in [2.45, 2.75) is 52.5 Å². The molecule has 1 atom stereocenters. The summed E-state index contributed by atoms with van der Waals surface area (Å²) in [5.74, 6) is 0.894. The van der Waals surface area contributed by atoms with Gasteiger partial charge in [-0.25, -0.2) is 0 Å². The predicted molar refractivity (Wildman–Crippen MR) is 117 cm³/mol. The van der Waals surface area contributed by atoms with Crippen LogP contribution < -0.4 is 5.32 Å². The molecule has 3 heteroatoms. The Hall–Kier alpha value is -2.68. The normalized spacial score (nSPS) is 20.0. The Morgan fingerprint density at radius 2 is 1.79 bits per heavy atom. The Morgan fingerprint density at radius 1 is 1.11 bits per heavy atom. The van der Waals surface area contributed by atoms with Crippen LogP contribution in [0, 0.1) is 18.3 Å². The highest BCUT2D eigenvalue weighted by Crippen LogP contribution is 2.27. The van der Waals surface area contributed by atoms with Crippen LogP contribution in [0.25, 0.3) is 11.1 Å². The van der Waals surface area contributed by atoms with Gasteiger partial charge in [0.15, 0.2) is 5.78 Å². The second-order valence-electron chi connectivity index (χ2n) is 8.62. The van der Waals surface area contributed by atoms with E-state index in [0.29, 0.717) is 24.6 Å². The number of carbonyl (C=O) groups is 1. The lowest BCUT2D eigenvalue weighted by atomic mass is 9.84. The lowest BCUT2D eigenvalue weighted by molar-refractivity contribution is -0.124. The third-order valence-electron chi connectivity index (χ3n) is 5.29. The van der Waals surface area contributed by atoms with Crippen molar-refractivity contribution < 1.29 is 4.79 Å². The number of hydrogen-bond acceptors (Lipinski definition) is 2. The van der Waals surface area contributed by atoms with Crippen LogP contribution in [0.3, 0.4) is 0 Å². The van der Waals surface area contributed by atoms with E-state index < -0.39 is 5.54 Å². The van der Waals surface area contributed by atoms with Crippen LogP contribution in [0.1, 0.15) is 44.7 Å². The quantitative estimate of drug-likeness (QED) is 0.728. The van der Waals surface area contributed by atoms with Crippen molar-refractivity contribution in [3.05, 3.63) is 71.3 Å². The molecule has 0 radical (unpaired) electrons. The summed E-state index contributed by atoms with van der Waals surface area (Å²) in [6, 6.07) is 17.0. The number of allylic oxidation sites excluding steroid dienone is 1. The summed E-state index contributed by atoms with van der Waals surface area (Å²) >= 11 is 0. The van der Waals surface area contributed by atoms with Gasteiger partial charge in [-0.2, -0.15) is 0 Å². The minimum atomic E-state index is -0.660. The van der Waals surface area contributed by atoms with Crippen LogP contribution in [0.4, 0.5) is 0 Å². The molecule has 1 aliphatic rings. The van der Waals surface area contributed by atoms with Gasteiger partial charge >= 0.3 is 0 Å². The fraction of sp³-hybridized carbons (Fsp3) is 0.360. The van der Waals surface area contributed by atoms with Gasteiger partial charge in [0.1, 0.15) is 5.84 Å². The number of ketones is 1. The molecule has 1 unspecified atom stereocenters. The van der Waals surface area contributed by atoms with E-state index in [0.717, 1.165) is 12.0 Å². The lowest BCUT2D eigenvalue weighted by Crippen LogP contribution is -2.51. The minimum absolute atomic E-state index is 0.171. The molecule has 1 aliphatic heterocycles. The zero-order valence-corrected chi connectivity index (χ0v) is 17.3. The van der Waals surface area contributed by atoms with Crippen molar-refractivity contribution in [1.82, 2.24) is 5.32 Å². The Morgan fingerprint density at radius 3 is 2.46 bits per heavy atom. The average Bonchev–Trinajstić information content (AvgIpc) is 2.70. The average molecular weight is 375 g/mol. The molecule has 3 rings (SSSR count). The largest absolute Gasteiger partial charge is 0.358 e. The van der Waals surface area contributed by atoms with Gasteiger partial charge in [0.05, 0.1) is 5.54 Å². The fourth-order valence-corrected chi connectivity index (χ4v) is 4.10. The van der Waals surface area contributed by atoms with Crippen molar-refractivity contribution in [3.63, 3.8) is 0 Å². The molecule has 0 aliphatic carbocycles. The lowest BCUT2D eigenvalue weighted by Gasteiger charge is -2.30. The van der Waals surface area contributed by atoms with Crippen LogP contribution in [-0.2, 0) is 11.2 Å². The Bertz CT molecular complexity index is 926. The molecule has 1 heterocycles. The molecule has 0 bridgehead atoms. The van der Waals surface area contributed by atoms with Crippen LogP contribution in [-0.4, -0.2) is 17.2 Å². The van der Waals surface area contributed by atoms with E-state index in [1.54, 1.807) is 0 Å². The highest BCUT2D eigenvalue weighted by atomic mass is 16.1. The van der Waals surface area contributed by atoms with Crippen LogP contribution in [0.15, 0.2) is 60.2 Å². The molecule has 0 fully saturated rings. The molecule has 3 nitrogen and oxygen atoms in total. The summed E-state index contributed by atoms with van der Waals surface area (Å²) in [4.78, 5) is 12.9. The van der Waals surface area contributed by atoms with E-state index in [9.17, 15) is 4.79 Å². The highest BCUT2D eigenvalue weighted by Gasteiger charge is 2.36. The third kappa shape index (κ3) is 4.78. The van der Waals surface area contributed by atoms with E-state index in [1.807, 2.05) is 13.0 Å². The van der Waals surface area contributed by atoms with Gasteiger partial charge in [-0.3, -0.25) is 10.2 Å². The van der Waals surface area contributed by atoms with Gasteiger partial charge in [0, 0.05) is 6.42 Å². The summed E-state index contributed by atoms with van der Waals surface area (Å²) in [6.07, 6.45) is 3.65. The number of Topliss-reactive ketones (excluding diaryl/α,β-unsaturated/α-hetero) is 1. The first-order chi connectivity index (χ1) is 13.2. The van der Waals surface area contributed by atoms with Crippen molar-refractivity contribution >= 4 is 11.6 Å². The van der Waals surface area contributed by atoms with Crippen molar-refractivity contribution in [1.29, 1.82) is 5.41 Å². The SMILES string of the molecule is Cc1cccc(-c2cccc(CC3=CC(=N)NC(C)(CC(C)C)C(=O)C3)c2)c1. The van der Waals surface area contributed by atoms with Gasteiger partial charge in [-0.05, 0) is 55.4 Å². The molecule has 0 spiro atoms. The van der Waals surface area contributed by atoms with E-state index >= 15 is 0 Å². The van der Waals surface area contributed by atoms with Crippen molar-refractivity contribution in [3.8, 4) is 11.1 Å². The minimum Gasteiger partial charge on any atom is -0.358 e. The molecule has 146 valence electrons. The maximum Gasteiger partial charge on any atom is 0.161 e. The number of amidine groups is 1. The Kier molecular flexibility index (Phi) is 5.83. The Balaban J connectivity index is 1.81. The Labute approximate surface area is 168 Å². The molecule has 0 aromatic heterocycles. The first-order valence-corrected chi connectivity index (χ1v) is 10.0. The number of nitrogens with one attached hydrogen (secondary N) is 2. The first kappa shape index (κ1) is 20.1. The van der Waals surface area contributed by atoms with Gasteiger partial charge in [-0.15, -0.1) is 0 Å². The highest BCUT2D eigenvalue weighted by molar-refractivity contribution is 6.01. The molecule has 2 aromatic rings. The maximum atomic E-state index is 12.9. The predicted octanol–water partition coefficient (Wildman–Crippen LogP) is 5.48. The standard InChI is InChI=1S/C25H30N2O/c1-17(2)16-25(4)23(28)14-20(15-24(26)27-25)12-19-8-6-10-22(13-19)21-9-5-7-18(3)11-21/h5-11,13,15,17H,12,14,16H2,1-4H3,(H2,26,27). The molecular weight excluding hydrogens is 344 g/mol. The molecular formula is C25H30N2O. The van der Waals surface area contributed by atoms with Gasteiger partial charge in [-0.1, -0.05) is 73.5 Å². The van der Waals surface area contributed by atoms with Crippen molar-refractivity contribution in [2.24, 2.45) is 5.92 Å². The maximum absolute atomic E-state index is 12.9. The summed E-state index contributed by atoms with van der Waals surface area (Å²) in [6.45, 7) is 8.25. The molecule has 28 heavy (non-hydrogen) atoms. The monoisotopic (exact) mass is 374 g/mol. The molecule has 0 saturated carbocycles. The number of aryl methyl sites for hydroxylation is 1. The number of rotatable bonds is 5. The van der Waals surface area contributed by atoms with Crippen LogP contribution >= 0.6 is 0 Å². The molecule has 2 N–H and O–H groups in total. The van der Waals surface area contributed by atoms with Gasteiger partial charge in [0.2, 0.25) is 0 Å². The van der Waals surface area contributed by atoms with E-state index in [1.165, 1.54) is 22.3 Å². The smallest absolute Gasteiger partial charge is 0.161 e.